The van der Waals surface area contributed by atoms with Crippen molar-refractivity contribution in [2.24, 2.45) is 5.92 Å². The summed E-state index contributed by atoms with van der Waals surface area (Å²) in [7, 11) is -3.28. The molecule has 5 nitrogen and oxygen atoms in total. The summed E-state index contributed by atoms with van der Waals surface area (Å²) in [6.45, 7) is 0.782. The van der Waals surface area contributed by atoms with E-state index in [2.05, 4.69) is 4.72 Å². The van der Waals surface area contributed by atoms with Crippen molar-refractivity contribution in [1.82, 2.24) is 4.72 Å². The van der Waals surface area contributed by atoms with Crippen molar-refractivity contribution in [3.05, 3.63) is 0 Å². The molecular formula is C8H17NO4S. The van der Waals surface area contributed by atoms with Crippen molar-refractivity contribution in [3.63, 3.8) is 0 Å². The number of sulfonamides is 1. The highest BCUT2D eigenvalue weighted by Gasteiger charge is 2.29. The van der Waals surface area contributed by atoms with E-state index < -0.39 is 22.2 Å². The van der Waals surface area contributed by atoms with Gasteiger partial charge in [-0.15, -0.1) is 0 Å². The maximum Gasteiger partial charge on any atom is 0.211 e. The van der Waals surface area contributed by atoms with Crippen molar-refractivity contribution in [2.45, 2.75) is 25.4 Å². The van der Waals surface area contributed by atoms with Gasteiger partial charge in [0, 0.05) is 6.54 Å². The van der Waals surface area contributed by atoms with Crippen molar-refractivity contribution in [3.8, 4) is 0 Å². The fraction of sp³-hybridized carbons (Fsp3) is 1.00. The van der Waals surface area contributed by atoms with Gasteiger partial charge in [-0.25, -0.2) is 13.1 Å². The summed E-state index contributed by atoms with van der Waals surface area (Å²) in [5.41, 5.74) is -1.38. The molecule has 1 fully saturated rings. The van der Waals surface area contributed by atoms with E-state index in [1.165, 1.54) is 6.92 Å². The third kappa shape index (κ3) is 4.36. The molecule has 0 aromatic carbocycles. The Labute approximate surface area is 84.2 Å². The van der Waals surface area contributed by atoms with E-state index in [1.807, 2.05) is 0 Å². The van der Waals surface area contributed by atoms with Crippen LogP contribution < -0.4 is 4.72 Å². The number of hydrogen-bond donors (Lipinski definition) is 3. The molecular weight excluding hydrogens is 206 g/mol. The normalized spacial score (nSPS) is 21.9. The second-order valence-electron chi connectivity index (χ2n) is 4.20. The topological polar surface area (TPSA) is 86.6 Å². The molecule has 1 rings (SSSR count). The summed E-state index contributed by atoms with van der Waals surface area (Å²) < 4.78 is 25.0. The molecule has 0 bridgehead atoms. The summed E-state index contributed by atoms with van der Waals surface area (Å²) in [6, 6.07) is 0. The third-order valence-corrected chi connectivity index (χ3v) is 3.66. The van der Waals surface area contributed by atoms with E-state index in [-0.39, 0.29) is 18.2 Å². The van der Waals surface area contributed by atoms with Crippen LogP contribution in [-0.4, -0.2) is 43.1 Å². The first-order valence-corrected chi connectivity index (χ1v) is 6.30. The third-order valence-electron chi connectivity index (χ3n) is 2.17. The van der Waals surface area contributed by atoms with E-state index in [0.717, 1.165) is 12.8 Å². The van der Waals surface area contributed by atoms with Gasteiger partial charge in [0.1, 0.15) is 0 Å². The zero-order valence-corrected chi connectivity index (χ0v) is 9.05. The first-order chi connectivity index (χ1) is 6.35. The smallest absolute Gasteiger partial charge is 0.211 e. The Hall–Kier alpha value is -0.170. The molecule has 0 aromatic rings. The number of aliphatic hydroxyl groups is 2. The molecule has 0 saturated heterocycles. The molecule has 0 heterocycles. The Bertz CT molecular complexity index is 282. The number of aliphatic hydroxyl groups excluding tert-OH is 1. The first kappa shape index (κ1) is 11.9. The Morgan fingerprint density at radius 3 is 2.50 bits per heavy atom. The minimum Gasteiger partial charge on any atom is -0.393 e. The van der Waals surface area contributed by atoms with Gasteiger partial charge in [0.05, 0.1) is 18.0 Å². The van der Waals surface area contributed by atoms with Crippen LogP contribution in [0.1, 0.15) is 19.8 Å². The van der Waals surface area contributed by atoms with Crippen LogP contribution in [0.3, 0.4) is 0 Å². The van der Waals surface area contributed by atoms with Crippen molar-refractivity contribution < 1.29 is 18.6 Å². The molecule has 1 saturated carbocycles. The lowest BCUT2D eigenvalue weighted by Gasteiger charge is -2.20. The summed E-state index contributed by atoms with van der Waals surface area (Å²) in [6.07, 6.45) is 1.94. The molecule has 3 N–H and O–H groups in total. The Morgan fingerprint density at radius 2 is 2.07 bits per heavy atom. The van der Waals surface area contributed by atoms with Crippen LogP contribution in [0.25, 0.3) is 0 Å². The maximum absolute atomic E-state index is 11.3. The molecule has 0 spiro atoms. The number of hydrogen-bond acceptors (Lipinski definition) is 4. The van der Waals surface area contributed by atoms with E-state index in [4.69, 9.17) is 5.11 Å². The zero-order valence-electron chi connectivity index (χ0n) is 8.23. The van der Waals surface area contributed by atoms with Gasteiger partial charge in [-0.2, -0.15) is 0 Å². The minimum atomic E-state index is -3.28. The predicted octanol–water partition coefficient (Wildman–Crippen LogP) is -0.941. The SMILES string of the molecule is CC(O)(CO)CNS(=O)(=O)CC1CC1. The molecule has 6 heteroatoms. The van der Waals surface area contributed by atoms with Gasteiger partial charge in [-0.3, -0.25) is 0 Å². The van der Waals surface area contributed by atoms with Gasteiger partial charge in [0.2, 0.25) is 10.0 Å². The van der Waals surface area contributed by atoms with Gasteiger partial charge in [0.25, 0.3) is 0 Å². The van der Waals surface area contributed by atoms with Gasteiger partial charge < -0.3 is 10.2 Å². The summed E-state index contributed by atoms with van der Waals surface area (Å²) in [5, 5.41) is 18.1. The van der Waals surface area contributed by atoms with Crippen molar-refractivity contribution in [2.75, 3.05) is 18.9 Å². The fourth-order valence-electron chi connectivity index (χ4n) is 0.975. The lowest BCUT2D eigenvalue weighted by atomic mass is 10.1. The van der Waals surface area contributed by atoms with Gasteiger partial charge >= 0.3 is 0 Å². The van der Waals surface area contributed by atoms with Crippen LogP contribution in [0.15, 0.2) is 0 Å². The van der Waals surface area contributed by atoms with E-state index >= 15 is 0 Å². The van der Waals surface area contributed by atoms with Gasteiger partial charge in [-0.05, 0) is 25.7 Å². The number of rotatable bonds is 6. The Morgan fingerprint density at radius 1 is 1.50 bits per heavy atom. The van der Waals surface area contributed by atoms with E-state index in [0.29, 0.717) is 0 Å². The van der Waals surface area contributed by atoms with Crippen LogP contribution in [0.4, 0.5) is 0 Å². The molecule has 0 aromatic heterocycles. The summed E-state index contributed by atoms with van der Waals surface area (Å²) in [5.74, 6) is 0.417. The maximum atomic E-state index is 11.3. The second kappa shape index (κ2) is 4.14. The van der Waals surface area contributed by atoms with E-state index in [1.54, 1.807) is 0 Å². The van der Waals surface area contributed by atoms with Crippen LogP contribution >= 0.6 is 0 Å². The first-order valence-electron chi connectivity index (χ1n) is 4.65. The molecule has 84 valence electrons. The molecule has 0 amide bonds. The number of nitrogens with one attached hydrogen (secondary N) is 1. The summed E-state index contributed by atoms with van der Waals surface area (Å²) in [4.78, 5) is 0. The molecule has 14 heavy (non-hydrogen) atoms. The van der Waals surface area contributed by atoms with Crippen molar-refractivity contribution in [1.29, 1.82) is 0 Å². The van der Waals surface area contributed by atoms with Crippen LogP contribution in [0, 0.1) is 5.92 Å². The highest BCUT2D eigenvalue weighted by molar-refractivity contribution is 7.89. The van der Waals surface area contributed by atoms with Crippen molar-refractivity contribution >= 4 is 10.0 Å². The minimum absolute atomic E-state index is 0.133. The highest BCUT2D eigenvalue weighted by atomic mass is 32.2. The molecule has 0 radical (unpaired) electrons. The zero-order chi connectivity index (χ0) is 10.8. The lowest BCUT2D eigenvalue weighted by Crippen LogP contribution is -2.44. The Kier molecular flexibility index (Phi) is 3.52. The van der Waals surface area contributed by atoms with Crippen LogP contribution in [-0.2, 0) is 10.0 Å². The quantitative estimate of drug-likeness (QED) is 0.542. The second-order valence-corrected chi connectivity index (χ2v) is 6.05. The average molecular weight is 223 g/mol. The average Bonchev–Trinajstić information content (AvgIpc) is 2.85. The Balaban J connectivity index is 2.35. The molecule has 1 atom stereocenters. The summed E-state index contributed by atoms with van der Waals surface area (Å²) >= 11 is 0. The molecule has 0 aliphatic heterocycles. The monoisotopic (exact) mass is 223 g/mol. The largest absolute Gasteiger partial charge is 0.393 e. The molecule has 1 aliphatic carbocycles. The van der Waals surface area contributed by atoms with E-state index in [9.17, 15) is 13.5 Å². The standard InChI is InChI=1S/C8H17NO4S/c1-8(11,6-10)5-9-14(12,13)4-7-2-3-7/h7,9-11H,2-6H2,1H3. The molecule has 1 aliphatic rings. The highest BCUT2D eigenvalue weighted by Crippen LogP contribution is 2.29. The van der Waals surface area contributed by atoms with Crippen LogP contribution in [0.5, 0.6) is 0 Å². The fourth-order valence-corrected chi connectivity index (χ4v) is 2.58. The predicted molar refractivity (Wildman–Crippen MR) is 52.2 cm³/mol. The van der Waals surface area contributed by atoms with Gasteiger partial charge in [0.15, 0.2) is 0 Å². The molecule has 1 unspecified atom stereocenters. The van der Waals surface area contributed by atoms with Crippen LogP contribution in [0.2, 0.25) is 0 Å². The lowest BCUT2D eigenvalue weighted by molar-refractivity contribution is 0.00681. The van der Waals surface area contributed by atoms with Gasteiger partial charge in [-0.1, -0.05) is 0 Å².